The largest absolute Gasteiger partial charge is 0.454 e. The van der Waals surface area contributed by atoms with Crippen LogP contribution in [-0.2, 0) is 11.3 Å². The molecule has 0 atom stereocenters. The number of hydrogen-bond donors (Lipinski definition) is 2. The Labute approximate surface area is 142 Å². The van der Waals surface area contributed by atoms with Crippen molar-refractivity contribution in [3.05, 3.63) is 53.1 Å². The van der Waals surface area contributed by atoms with Gasteiger partial charge in [-0.2, -0.15) is 0 Å². The van der Waals surface area contributed by atoms with Crippen LogP contribution in [0.5, 0.6) is 11.5 Å². The van der Waals surface area contributed by atoms with Crippen LogP contribution in [0.1, 0.15) is 23.1 Å². The average molecular weight is 326 g/mol. The summed E-state index contributed by atoms with van der Waals surface area (Å²) in [6.07, 6.45) is 0.429. The Morgan fingerprint density at radius 3 is 2.79 bits per heavy atom. The van der Waals surface area contributed by atoms with Crippen molar-refractivity contribution in [1.29, 1.82) is 0 Å². The number of ether oxygens (including phenoxy) is 2. The minimum Gasteiger partial charge on any atom is -0.454 e. The van der Waals surface area contributed by atoms with Crippen molar-refractivity contribution >= 4 is 11.6 Å². The van der Waals surface area contributed by atoms with Gasteiger partial charge in [0.05, 0.1) is 0 Å². The van der Waals surface area contributed by atoms with Gasteiger partial charge in [0, 0.05) is 25.2 Å². The summed E-state index contributed by atoms with van der Waals surface area (Å²) in [6, 6.07) is 11.9. The zero-order valence-electron chi connectivity index (χ0n) is 14.0. The van der Waals surface area contributed by atoms with Gasteiger partial charge < -0.3 is 20.1 Å². The quantitative estimate of drug-likeness (QED) is 0.801. The van der Waals surface area contributed by atoms with Crippen molar-refractivity contribution < 1.29 is 14.3 Å². The number of fused-ring (bicyclic) bond motifs is 1. The standard InChI is InChI=1S/C19H22N2O3/c1-13-3-4-14(2)16(9-13)21-19(22)7-8-20-11-15-5-6-17-18(10-15)24-12-23-17/h3-6,9-10,20H,7-8,11-12H2,1-2H3,(H,21,22). The van der Waals surface area contributed by atoms with Crippen LogP contribution in [0.3, 0.4) is 0 Å². The molecule has 0 saturated heterocycles. The third-order valence-electron chi connectivity index (χ3n) is 3.96. The molecule has 0 radical (unpaired) electrons. The molecule has 2 aromatic carbocycles. The second-order valence-corrected chi connectivity index (χ2v) is 5.98. The topological polar surface area (TPSA) is 59.6 Å². The second-order valence-electron chi connectivity index (χ2n) is 5.98. The highest BCUT2D eigenvalue weighted by atomic mass is 16.7. The van der Waals surface area contributed by atoms with E-state index in [1.807, 2.05) is 50.2 Å². The van der Waals surface area contributed by atoms with Crippen molar-refractivity contribution in [2.24, 2.45) is 0 Å². The molecule has 2 N–H and O–H groups in total. The highest BCUT2D eigenvalue weighted by molar-refractivity contribution is 5.91. The third kappa shape index (κ3) is 4.06. The zero-order chi connectivity index (χ0) is 16.9. The van der Waals surface area contributed by atoms with Crippen LogP contribution in [0.4, 0.5) is 5.69 Å². The van der Waals surface area contributed by atoms with Crippen molar-refractivity contribution in [2.45, 2.75) is 26.8 Å². The molecule has 0 aromatic heterocycles. The number of aryl methyl sites for hydroxylation is 2. The first-order valence-electron chi connectivity index (χ1n) is 8.08. The Bertz CT molecular complexity index is 743. The van der Waals surface area contributed by atoms with Gasteiger partial charge in [0.1, 0.15) is 0 Å². The summed E-state index contributed by atoms with van der Waals surface area (Å²) in [5.74, 6) is 1.58. The van der Waals surface area contributed by atoms with Gasteiger partial charge in [-0.3, -0.25) is 4.79 Å². The van der Waals surface area contributed by atoms with Gasteiger partial charge in [-0.05, 0) is 48.7 Å². The maximum atomic E-state index is 12.1. The van der Waals surface area contributed by atoms with Crippen LogP contribution in [0.25, 0.3) is 0 Å². The number of amides is 1. The lowest BCUT2D eigenvalue weighted by Crippen LogP contribution is -2.21. The molecular formula is C19H22N2O3. The molecule has 24 heavy (non-hydrogen) atoms. The Balaban J connectivity index is 1.43. The van der Waals surface area contributed by atoms with Crippen LogP contribution >= 0.6 is 0 Å². The van der Waals surface area contributed by atoms with E-state index in [9.17, 15) is 4.79 Å². The van der Waals surface area contributed by atoms with E-state index in [0.29, 0.717) is 19.5 Å². The van der Waals surface area contributed by atoms with Gasteiger partial charge in [0.15, 0.2) is 11.5 Å². The van der Waals surface area contributed by atoms with Crippen LogP contribution < -0.4 is 20.1 Å². The fourth-order valence-corrected chi connectivity index (χ4v) is 2.57. The van der Waals surface area contributed by atoms with Crippen LogP contribution in [0.15, 0.2) is 36.4 Å². The summed E-state index contributed by atoms with van der Waals surface area (Å²) < 4.78 is 10.6. The molecule has 5 heteroatoms. The molecule has 1 heterocycles. The summed E-state index contributed by atoms with van der Waals surface area (Å²) in [5.41, 5.74) is 4.20. The molecule has 1 amide bonds. The van der Waals surface area contributed by atoms with Gasteiger partial charge in [0.25, 0.3) is 0 Å². The number of anilines is 1. The summed E-state index contributed by atoms with van der Waals surface area (Å²) >= 11 is 0. The summed E-state index contributed by atoms with van der Waals surface area (Å²) in [4.78, 5) is 12.1. The predicted octanol–water partition coefficient (Wildman–Crippen LogP) is 3.15. The van der Waals surface area contributed by atoms with E-state index in [1.54, 1.807) is 0 Å². The maximum absolute atomic E-state index is 12.1. The van der Waals surface area contributed by atoms with Crippen LogP contribution in [0, 0.1) is 13.8 Å². The SMILES string of the molecule is Cc1ccc(C)c(NC(=O)CCNCc2ccc3c(c2)OCO3)c1. The van der Waals surface area contributed by atoms with E-state index >= 15 is 0 Å². The van der Waals surface area contributed by atoms with Gasteiger partial charge in [-0.1, -0.05) is 18.2 Å². The van der Waals surface area contributed by atoms with Crippen molar-refractivity contribution in [3.63, 3.8) is 0 Å². The number of nitrogens with one attached hydrogen (secondary N) is 2. The number of hydrogen-bond acceptors (Lipinski definition) is 4. The lowest BCUT2D eigenvalue weighted by Gasteiger charge is -2.10. The Morgan fingerprint density at radius 1 is 1.08 bits per heavy atom. The minimum atomic E-state index is 0.0156. The van der Waals surface area contributed by atoms with Crippen LogP contribution in [-0.4, -0.2) is 19.2 Å². The van der Waals surface area contributed by atoms with Gasteiger partial charge in [-0.15, -0.1) is 0 Å². The number of carbonyl (C=O) groups is 1. The molecule has 0 spiro atoms. The van der Waals surface area contributed by atoms with Crippen LogP contribution in [0.2, 0.25) is 0 Å². The lowest BCUT2D eigenvalue weighted by atomic mass is 10.1. The molecule has 126 valence electrons. The Hall–Kier alpha value is -2.53. The normalized spacial score (nSPS) is 12.2. The average Bonchev–Trinajstić information content (AvgIpc) is 3.03. The predicted molar refractivity (Wildman–Crippen MR) is 93.4 cm³/mol. The highest BCUT2D eigenvalue weighted by Gasteiger charge is 2.13. The monoisotopic (exact) mass is 326 g/mol. The first-order valence-corrected chi connectivity index (χ1v) is 8.08. The molecule has 0 unspecified atom stereocenters. The van der Waals surface area contributed by atoms with E-state index in [4.69, 9.17) is 9.47 Å². The van der Waals surface area contributed by atoms with E-state index in [1.165, 1.54) is 0 Å². The zero-order valence-corrected chi connectivity index (χ0v) is 14.0. The summed E-state index contributed by atoms with van der Waals surface area (Å²) in [7, 11) is 0. The minimum absolute atomic E-state index is 0.0156. The van der Waals surface area contributed by atoms with E-state index in [-0.39, 0.29) is 12.7 Å². The first-order chi connectivity index (χ1) is 11.6. The van der Waals surface area contributed by atoms with E-state index in [0.717, 1.165) is 33.9 Å². The van der Waals surface area contributed by atoms with E-state index in [2.05, 4.69) is 10.6 Å². The number of rotatable bonds is 6. The van der Waals surface area contributed by atoms with Gasteiger partial charge >= 0.3 is 0 Å². The van der Waals surface area contributed by atoms with Crippen molar-refractivity contribution in [1.82, 2.24) is 5.32 Å². The Morgan fingerprint density at radius 2 is 1.92 bits per heavy atom. The summed E-state index contributed by atoms with van der Waals surface area (Å²) in [6.45, 7) is 5.60. The third-order valence-corrected chi connectivity index (χ3v) is 3.96. The summed E-state index contributed by atoms with van der Waals surface area (Å²) in [5, 5.41) is 6.25. The number of benzene rings is 2. The fraction of sp³-hybridized carbons (Fsp3) is 0.316. The van der Waals surface area contributed by atoms with Crippen molar-refractivity contribution in [2.75, 3.05) is 18.7 Å². The first kappa shape index (κ1) is 16.3. The lowest BCUT2D eigenvalue weighted by molar-refractivity contribution is -0.116. The molecule has 0 aliphatic carbocycles. The van der Waals surface area contributed by atoms with Gasteiger partial charge in [0.2, 0.25) is 12.7 Å². The van der Waals surface area contributed by atoms with Crippen molar-refractivity contribution in [3.8, 4) is 11.5 Å². The molecule has 0 bridgehead atoms. The highest BCUT2D eigenvalue weighted by Crippen LogP contribution is 2.32. The molecule has 1 aliphatic heterocycles. The molecule has 0 saturated carbocycles. The smallest absolute Gasteiger partial charge is 0.231 e. The molecule has 1 aliphatic rings. The molecule has 0 fully saturated rings. The fourth-order valence-electron chi connectivity index (χ4n) is 2.57. The molecule has 5 nitrogen and oxygen atoms in total. The maximum Gasteiger partial charge on any atom is 0.231 e. The number of carbonyl (C=O) groups excluding carboxylic acids is 1. The second kappa shape index (κ2) is 7.36. The molecule has 3 rings (SSSR count). The van der Waals surface area contributed by atoms with E-state index < -0.39 is 0 Å². The molecular weight excluding hydrogens is 304 g/mol. The molecule has 2 aromatic rings. The Kier molecular flexibility index (Phi) is 5.01. The van der Waals surface area contributed by atoms with Gasteiger partial charge in [-0.25, -0.2) is 0 Å².